The van der Waals surface area contributed by atoms with Gasteiger partial charge in [-0.3, -0.25) is 0 Å². The fourth-order valence-corrected chi connectivity index (χ4v) is 1.37. The number of hydrogen-bond acceptors (Lipinski definition) is 1. The molecule has 1 atom stereocenters. The van der Waals surface area contributed by atoms with Gasteiger partial charge in [0.2, 0.25) is 0 Å². The summed E-state index contributed by atoms with van der Waals surface area (Å²) in [5.41, 5.74) is -0.0336. The molecule has 0 aliphatic carbocycles. The molecule has 0 bridgehead atoms. The molecule has 14 heavy (non-hydrogen) atoms. The Balaban J connectivity index is 3.04. The first kappa shape index (κ1) is 11.4. The third-order valence-electron chi connectivity index (χ3n) is 1.99. The van der Waals surface area contributed by atoms with E-state index in [4.69, 9.17) is 11.6 Å². The van der Waals surface area contributed by atoms with Gasteiger partial charge in [0, 0.05) is 5.56 Å². The molecule has 0 spiro atoms. The highest BCUT2D eigenvalue weighted by Gasteiger charge is 2.17. The minimum atomic E-state index is -1.10. The smallest absolute Gasteiger partial charge is 0.177 e. The van der Waals surface area contributed by atoms with Gasteiger partial charge in [-0.25, -0.2) is 8.78 Å². The van der Waals surface area contributed by atoms with Gasteiger partial charge in [0.25, 0.3) is 0 Å². The first-order valence-corrected chi connectivity index (χ1v) is 4.77. The largest absolute Gasteiger partial charge is 0.388 e. The van der Waals surface area contributed by atoms with E-state index >= 15 is 0 Å². The summed E-state index contributed by atoms with van der Waals surface area (Å²) in [7, 11) is 0. The Hall–Kier alpha value is -0.670. The van der Waals surface area contributed by atoms with Gasteiger partial charge < -0.3 is 5.11 Å². The third kappa shape index (κ3) is 2.22. The molecule has 1 rings (SSSR count). The van der Waals surface area contributed by atoms with Crippen molar-refractivity contribution in [1.29, 1.82) is 0 Å². The predicted molar refractivity (Wildman–Crippen MR) is 51.2 cm³/mol. The first-order valence-electron chi connectivity index (χ1n) is 4.39. The summed E-state index contributed by atoms with van der Waals surface area (Å²) in [6.45, 7) is 1.85. The molecule has 0 aromatic heterocycles. The maximum Gasteiger partial charge on any atom is 0.177 e. The zero-order valence-electron chi connectivity index (χ0n) is 7.73. The van der Waals surface area contributed by atoms with Gasteiger partial charge >= 0.3 is 0 Å². The summed E-state index contributed by atoms with van der Waals surface area (Å²) >= 11 is 5.37. The molecule has 0 amide bonds. The molecular formula is C10H11ClF2O. The van der Waals surface area contributed by atoms with Gasteiger partial charge in [0.15, 0.2) is 11.6 Å². The quantitative estimate of drug-likeness (QED) is 0.774. The summed E-state index contributed by atoms with van der Waals surface area (Å²) in [5.74, 6) is -2.15. The summed E-state index contributed by atoms with van der Waals surface area (Å²) in [6.07, 6.45) is 0.134. The molecule has 1 aromatic rings. The molecule has 0 heterocycles. The molecule has 0 aliphatic heterocycles. The Morgan fingerprint density at radius 1 is 1.36 bits per heavy atom. The van der Waals surface area contributed by atoms with Crippen LogP contribution in [0.5, 0.6) is 0 Å². The van der Waals surface area contributed by atoms with Gasteiger partial charge in [0.1, 0.15) is 0 Å². The summed E-state index contributed by atoms with van der Waals surface area (Å²) in [6, 6.07) is 2.55. The van der Waals surface area contributed by atoms with Crippen molar-refractivity contribution in [2.24, 2.45) is 0 Å². The summed E-state index contributed by atoms with van der Waals surface area (Å²) < 4.78 is 26.2. The Labute approximate surface area is 86.3 Å². The van der Waals surface area contributed by atoms with E-state index in [1.54, 1.807) is 0 Å². The van der Waals surface area contributed by atoms with Crippen LogP contribution in [0.1, 0.15) is 31.4 Å². The van der Waals surface area contributed by atoms with Gasteiger partial charge in [-0.15, -0.1) is 0 Å². The maximum atomic E-state index is 13.2. The lowest BCUT2D eigenvalue weighted by atomic mass is 10.0. The van der Waals surface area contributed by atoms with Crippen LogP contribution in [0.4, 0.5) is 8.78 Å². The highest BCUT2D eigenvalue weighted by Crippen LogP contribution is 2.26. The van der Waals surface area contributed by atoms with E-state index in [1.807, 2.05) is 6.92 Å². The lowest BCUT2D eigenvalue weighted by molar-refractivity contribution is 0.160. The molecule has 1 nitrogen and oxygen atoms in total. The fraction of sp³-hybridized carbons (Fsp3) is 0.400. The standard InChI is InChI=1S/C10H11ClF2O/c1-2-3-8(14)6-4-5-7(11)10(13)9(6)12/h4-5,8,14H,2-3H2,1H3. The number of aliphatic hydroxyl groups excluding tert-OH is 1. The lowest BCUT2D eigenvalue weighted by Crippen LogP contribution is -2.02. The van der Waals surface area contributed by atoms with Crippen LogP contribution in [0.15, 0.2) is 12.1 Å². The van der Waals surface area contributed by atoms with E-state index in [0.29, 0.717) is 12.8 Å². The molecule has 4 heteroatoms. The Bertz CT molecular complexity index is 328. The second-order valence-electron chi connectivity index (χ2n) is 3.07. The van der Waals surface area contributed by atoms with Crippen LogP contribution >= 0.6 is 11.6 Å². The Morgan fingerprint density at radius 3 is 2.57 bits per heavy atom. The Kier molecular flexibility index (Phi) is 3.84. The molecular weight excluding hydrogens is 210 g/mol. The number of aliphatic hydroxyl groups is 1. The average Bonchev–Trinajstić information content (AvgIpc) is 2.15. The van der Waals surface area contributed by atoms with Gasteiger partial charge in [-0.2, -0.15) is 0 Å². The number of hydrogen-bond donors (Lipinski definition) is 1. The Morgan fingerprint density at radius 2 is 2.00 bits per heavy atom. The molecule has 78 valence electrons. The molecule has 1 unspecified atom stereocenters. The van der Waals surface area contributed by atoms with E-state index < -0.39 is 17.7 Å². The third-order valence-corrected chi connectivity index (χ3v) is 2.28. The number of rotatable bonds is 3. The van der Waals surface area contributed by atoms with Crippen LogP contribution in [-0.4, -0.2) is 5.11 Å². The fourth-order valence-electron chi connectivity index (χ4n) is 1.23. The van der Waals surface area contributed by atoms with Crippen LogP contribution in [0.25, 0.3) is 0 Å². The molecule has 0 radical (unpaired) electrons. The molecule has 0 saturated carbocycles. The van der Waals surface area contributed by atoms with Crippen molar-refractivity contribution >= 4 is 11.6 Å². The second kappa shape index (κ2) is 4.71. The molecule has 0 fully saturated rings. The maximum absolute atomic E-state index is 13.2. The van der Waals surface area contributed by atoms with E-state index in [2.05, 4.69) is 0 Å². The summed E-state index contributed by atoms with van der Waals surface area (Å²) in [4.78, 5) is 0. The molecule has 1 N–H and O–H groups in total. The van der Waals surface area contributed by atoms with E-state index in [0.717, 1.165) is 0 Å². The minimum Gasteiger partial charge on any atom is -0.388 e. The molecule has 0 aliphatic rings. The number of halogens is 3. The van der Waals surface area contributed by atoms with E-state index in [-0.39, 0.29) is 10.6 Å². The van der Waals surface area contributed by atoms with Crippen LogP contribution in [0.3, 0.4) is 0 Å². The summed E-state index contributed by atoms with van der Waals surface area (Å²) in [5, 5.41) is 9.20. The predicted octanol–water partition coefficient (Wildman–Crippen LogP) is 3.45. The monoisotopic (exact) mass is 220 g/mol. The van der Waals surface area contributed by atoms with Crippen molar-refractivity contribution in [1.82, 2.24) is 0 Å². The van der Waals surface area contributed by atoms with Crippen molar-refractivity contribution in [2.75, 3.05) is 0 Å². The van der Waals surface area contributed by atoms with Crippen molar-refractivity contribution in [2.45, 2.75) is 25.9 Å². The lowest BCUT2D eigenvalue weighted by Gasteiger charge is -2.11. The zero-order chi connectivity index (χ0) is 10.7. The number of benzene rings is 1. The normalized spacial score (nSPS) is 12.9. The van der Waals surface area contributed by atoms with Crippen LogP contribution in [-0.2, 0) is 0 Å². The first-order chi connectivity index (χ1) is 6.57. The van der Waals surface area contributed by atoms with Crippen LogP contribution in [0.2, 0.25) is 5.02 Å². The van der Waals surface area contributed by atoms with Crippen molar-refractivity contribution in [3.8, 4) is 0 Å². The van der Waals surface area contributed by atoms with Crippen molar-refractivity contribution in [3.05, 3.63) is 34.4 Å². The SMILES string of the molecule is CCCC(O)c1ccc(Cl)c(F)c1F. The van der Waals surface area contributed by atoms with Gasteiger partial charge in [-0.1, -0.05) is 31.0 Å². The zero-order valence-corrected chi connectivity index (χ0v) is 8.48. The van der Waals surface area contributed by atoms with E-state index in [1.165, 1.54) is 12.1 Å². The highest BCUT2D eigenvalue weighted by atomic mass is 35.5. The van der Waals surface area contributed by atoms with E-state index in [9.17, 15) is 13.9 Å². The van der Waals surface area contributed by atoms with Crippen molar-refractivity contribution in [3.63, 3.8) is 0 Å². The second-order valence-corrected chi connectivity index (χ2v) is 3.48. The molecule has 0 saturated heterocycles. The molecule has 1 aromatic carbocycles. The van der Waals surface area contributed by atoms with Crippen LogP contribution < -0.4 is 0 Å². The van der Waals surface area contributed by atoms with Crippen molar-refractivity contribution < 1.29 is 13.9 Å². The minimum absolute atomic E-state index is 0.0336. The average molecular weight is 221 g/mol. The highest BCUT2D eigenvalue weighted by molar-refractivity contribution is 6.30. The topological polar surface area (TPSA) is 20.2 Å². The van der Waals surface area contributed by atoms with Gasteiger partial charge in [-0.05, 0) is 12.5 Å². The van der Waals surface area contributed by atoms with Crippen LogP contribution in [0, 0.1) is 11.6 Å². The van der Waals surface area contributed by atoms with Gasteiger partial charge in [0.05, 0.1) is 11.1 Å².